The highest BCUT2D eigenvalue weighted by atomic mass is 79.9. The second-order valence-corrected chi connectivity index (χ2v) is 7.48. The fourth-order valence-corrected chi connectivity index (χ4v) is 3.70. The summed E-state index contributed by atoms with van der Waals surface area (Å²) in [6.07, 6.45) is 1.22. The summed E-state index contributed by atoms with van der Waals surface area (Å²) < 4.78 is 7.14. The first kappa shape index (κ1) is 16.2. The number of nitrogens with one attached hydrogen (secondary N) is 1. The predicted molar refractivity (Wildman–Crippen MR) is 83.4 cm³/mol. The Labute approximate surface area is 123 Å². The molecule has 0 saturated heterocycles. The standard InChI is InChI=1S/C14H24BrNOS/c1-6-17-13(14(2,3)4)12(16-5)8-11-7-10(15)9-18-11/h7,9,12-13,16H,6,8H2,1-5H3. The normalized spacial score (nSPS) is 15.7. The molecule has 0 amide bonds. The molecule has 1 aromatic heterocycles. The van der Waals surface area contributed by atoms with E-state index < -0.39 is 0 Å². The lowest BCUT2D eigenvalue weighted by Gasteiger charge is -2.36. The molecule has 104 valence electrons. The van der Waals surface area contributed by atoms with Gasteiger partial charge in [0.1, 0.15) is 0 Å². The highest BCUT2D eigenvalue weighted by Crippen LogP contribution is 2.28. The van der Waals surface area contributed by atoms with Crippen LogP contribution in [0, 0.1) is 5.41 Å². The Balaban J connectivity index is 2.79. The largest absolute Gasteiger partial charge is 0.376 e. The molecule has 2 unspecified atom stereocenters. The summed E-state index contributed by atoms with van der Waals surface area (Å²) in [7, 11) is 2.02. The van der Waals surface area contributed by atoms with Gasteiger partial charge in [-0.05, 0) is 47.8 Å². The maximum absolute atomic E-state index is 5.97. The van der Waals surface area contributed by atoms with Gasteiger partial charge in [-0.1, -0.05) is 20.8 Å². The molecule has 0 aliphatic carbocycles. The third kappa shape index (κ3) is 4.65. The molecule has 0 aliphatic rings. The van der Waals surface area contributed by atoms with Crippen LogP contribution in [-0.2, 0) is 11.2 Å². The van der Waals surface area contributed by atoms with E-state index >= 15 is 0 Å². The Morgan fingerprint density at radius 3 is 2.50 bits per heavy atom. The van der Waals surface area contributed by atoms with Crippen molar-refractivity contribution in [1.29, 1.82) is 0 Å². The minimum Gasteiger partial charge on any atom is -0.376 e. The highest BCUT2D eigenvalue weighted by molar-refractivity contribution is 9.10. The van der Waals surface area contributed by atoms with Crippen molar-refractivity contribution in [2.45, 2.75) is 46.3 Å². The molecule has 1 rings (SSSR count). The predicted octanol–water partition coefficient (Wildman–Crippen LogP) is 4.09. The van der Waals surface area contributed by atoms with Gasteiger partial charge in [-0.2, -0.15) is 0 Å². The molecule has 1 N–H and O–H groups in total. The van der Waals surface area contributed by atoms with Gasteiger partial charge >= 0.3 is 0 Å². The number of rotatable bonds is 6. The monoisotopic (exact) mass is 333 g/mol. The van der Waals surface area contributed by atoms with Crippen LogP contribution in [0.3, 0.4) is 0 Å². The van der Waals surface area contributed by atoms with Gasteiger partial charge in [0.15, 0.2) is 0 Å². The molecule has 2 atom stereocenters. The Morgan fingerprint density at radius 2 is 2.11 bits per heavy atom. The van der Waals surface area contributed by atoms with Gasteiger partial charge in [0.05, 0.1) is 6.10 Å². The second-order valence-electron chi connectivity index (χ2n) is 5.57. The maximum Gasteiger partial charge on any atom is 0.0779 e. The van der Waals surface area contributed by atoms with E-state index in [9.17, 15) is 0 Å². The Hall–Kier alpha value is 0.1000. The van der Waals surface area contributed by atoms with Crippen molar-refractivity contribution < 1.29 is 4.74 Å². The number of thiophene rings is 1. The van der Waals surface area contributed by atoms with Gasteiger partial charge in [-0.15, -0.1) is 11.3 Å². The molecular formula is C14H24BrNOS. The molecular weight excluding hydrogens is 310 g/mol. The van der Waals surface area contributed by atoms with Crippen molar-refractivity contribution in [3.63, 3.8) is 0 Å². The molecule has 0 fully saturated rings. The fourth-order valence-electron chi connectivity index (χ4n) is 2.19. The van der Waals surface area contributed by atoms with Crippen LogP contribution in [0.25, 0.3) is 0 Å². The molecule has 0 aromatic carbocycles. The summed E-state index contributed by atoms with van der Waals surface area (Å²) in [6, 6.07) is 2.54. The zero-order chi connectivity index (χ0) is 13.8. The molecule has 0 spiro atoms. The first-order valence-corrected chi connectivity index (χ1v) is 8.07. The van der Waals surface area contributed by atoms with Crippen molar-refractivity contribution in [3.8, 4) is 0 Å². The summed E-state index contributed by atoms with van der Waals surface area (Å²) in [5, 5.41) is 5.55. The van der Waals surface area contributed by atoms with E-state index in [1.807, 2.05) is 7.05 Å². The second kappa shape index (κ2) is 7.04. The topological polar surface area (TPSA) is 21.3 Å². The lowest BCUT2D eigenvalue weighted by atomic mass is 9.83. The summed E-state index contributed by atoms with van der Waals surface area (Å²) in [6.45, 7) is 9.54. The number of likely N-dealkylation sites (N-methyl/N-ethyl adjacent to an activating group) is 1. The van der Waals surface area contributed by atoms with E-state index in [-0.39, 0.29) is 11.5 Å². The summed E-state index contributed by atoms with van der Waals surface area (Å²) in [4.78, 5) is 1.38. The average Bonchev–Trinajstić information content (AvgIpc) is 2.67. The van der Waals surface area contributed by atoms with Crippen LogP contribution in [0.15, 0.2) is 15.9 Å². The molecule has 1 heterocycles. The number of halogens is 1. The molecule has 0 radical (unpaired) electrons. The zero-order valence-corrected chi connectivity index (χ0v) is 14.3. The van der Waals surface area contributed by atoms with Crippen LogP contribution >= 0.6 is 27.3 Å². The number of hydrogen-bond donors (Lipinski definition) is 1. The minimum absolute atomic E-state index is 0.137. The van der Waals surface area contributed by atoms with Crippen molar-refractivity contribution in [2.24, 2.45) is 5.41 Å². The molecule has 18 heavy (non-hydrogen) atoms. The van der Waals surface area contributed by atoms with Crippen molar-refractivity contribution in [1.82, 2.24) is 5.32 Å². The first-order valence-electron chi connectivity index (χ1n) is 6.40. The smallest absolute Gasteiger partial charge is 0.0779 e. The Morgan fingerprint density at radius 1 is 1.44 bits per heavy atom. The molecule has 0 aliphatic heterocycles. The number of ether oxygens (including phenoxy) is 1. The van der Waals surface area contributed by atoms with Crippen LogP contribution in [0.4, 0.5) is 0 Å². The first-order chi connectivity index (χ1) is 8.38. The summed E-state index contributed by atoms with van der Waals surface area (Å²) in [5.41, 5.74) is 0.137. The van der Waals surface area contributed by atoms with Gasteiger partial charge in [0.25, 0.3) is 0 Å². The van der Waals surface area contributed by atoms with Crippen molar-refractivity contribution in [2.75, 3.05) is 13.7 Å². The highest BCUT2D eigenvalue weighted by Gasteiger charge is 2.32. The van der Waals surface area contributed by atoms with Crippen LogP contribution in [0.2, 0.25) is 0 Å². The quantitative estimate of drug-likeness (QED) is 0.846. The van der Waals surface area contributed by atoms with Crippen LogP contribution in [-0.4, -0.2) is 25.8 Å². The number of hydrogen-bond acceptors (Lipinski definition) is 3. The lowest BCUT2D eigenvalue weighted by molar-refractivity contribution is -0.0339. The van der Waals surface area contributed by atoms with E-state index in [2.05, 4.69) is 60.4 Å². The van der Waals surface area contributed by atoms with Gasteiger partial charge in [-0.25, -0.2) is 0 Å². The van der Waals surface area contributed by atoms with Gasteiger partial charge in [0.2, 0.25) is 0 Å². The third-order valence-electron chi connectivity index (χ3n) is 2.98. The lowest BCUT2D eigenvalue weighted by Crippen LogP contribution is -2.48. The minimum atomic E-state index is 0.137. The molecule has 0 saturated carbocycles. The van der Waals surface area contributed by atoms with Crippen molar-refractivity contribution >= 4 is 27.3 Å². The fraction of sp³-hybridized carbons (Fsp3) is 0.714. The van der Waals surface area contributed by atoms with Crippen LogP contribution < -0.4 is 5.32 Å². The average molecular weight is 334 g/mol. The van der Waals surface area contributed by atoms with Gasteiger partial charge < -0.3 is 10.1 Å². The van der Waals surface area contributed by atoms with E-state index in [1.165, 1.54) is 9.35 Å². The van der Waals surface area contributed by atoms with E-state index in [0.717, 1.165) is 13.0 Å². The Bertz CT molecular complexity index is 359. The van der Waals surface area contributed by atoms with Crippen molar-refractivity contribution in [3.05, 3.63) is 20.8 Å². The van der Waals surface area contributed by atoms with Gasteiger partial charge in [-0.3, -0.25) is 0 Å². The molecule has 2 nitrogen and oxygen atoms in total. The Kier molecular flexibility index (Phi) is 6.31. The summed E-state index contributed by atoms with van der Waals surface area (Å²) >= 11 is 5.31. The molecule has 1 aromatic rings. The van der Waals surface area contributed by atoms with E-state index in [4.69, 9.17) is 4.74 Å². The molecule has 4 heteroatoms. The zero-order valence-electron chi connectivity index (χ0n) is 11.9. The maximum atomic E-state index is 5.97. The summed E-state index contributed by atoms with van der Waals surface area (Å²) in [5.74, 6) is 0. The molecule has 0 bridgehead atoms. The van der Waals surface area contributed by atoms with Crippen LogP contribution in [0.5, 0.6) is 0 Å². The van der Waals surface area contributed by atoms with Crippen LogP contribution in [0.1, 0.15) is 32.6 Å². The SMILES string of the molecule is CCOC(C(Cc1cc(Br)cs1)NC)C(C)(C)C. The van der Waals surface area contributed by atoms with E-state index in [0.29, 0.717) is 6.04 Å². The van der Waals surface area contributed by atoms with E-state index in [1.54, 1.807) is 11.3 Å². The van der Waals surface area contributed by atoms with Gasteiger partial charge in [0, 0.05) is 27.4 Å². The third-order valence-corrected chi connectivity index (χ3v) is 4.70.